The van der Waals surface area contributed by atoms with Gasteiger partial charge in [0.05, 0.1) is 6.54 Å². The molecule has 0 aromatic heterocycles. The average molecular weight is 294 g/mol. The number of rotatable bonds is 9. The normalized spacial score (nSPS) is 11.4. The maximum Gasteiger partial charge on any atom is 0.239 e. The van der Waals surface area contributed by atoms with Crippen LogP contribution in [0.3, 0.4) is 0 Å². The van der Waals surface area contributed by atoms with E-state index in [1.54, 1.807) is 4.90 Å². The van der Waals surface area contributed by atoms with E-state index >= 15 is 0 Å². The van der Waals surface area contributed by atoms with Crippen molar-refractivity contribution in [3.8, 4) is 0 Å². The van der Waals surface area contributed by atoms with Crippen LogP contribution >= 0.6 is 12.4 Å². The van der Waals surface area contributed by atoms with Crippen LogP contribution < -0.4 is 11.1 Å². The van der Waals surface area contributed by atoms with Crippen molar-refractivity contribution >= 4 is 24.2 Å². The Balaban J connectivity index is 0. The average Bonchev–Trinajstić information content (AvgIpc) is 2.32. The van der Waals surface area contributed by atoms with Gasteiger partial charge >= 0.3 is 0 Å². The van der Waals surface area contributed by atoms with E-state index in [2.05, 4.69) is 5.32 Å². The summed E-state index contributed by atoms with van der Waals surface area (Å²) in [7, 11) is 0. The Bertz CT molecular complexity index is 260. The van der Waals surface area contributed by atoms with Gasteiger partial charge in [0.1, 0.15) is 0 Å². The lowest BCUT2D eigenvalue weighted by Crippen LogP contribution is -2.41. The topological polar surface area (TPSA) is 75.4 Å². The number of carbonyl (C=O) groups is 2. The standard InChI is InChI=1S/C13H27N3O2.ClH/c1-4-8-15-12(17)10-16(9-5-2)13(18)7-6-11(3)14;/h11H,4-10,14H2,1-3H3,(H,15,17);1H. The molecule has 0 rings (SSSR count). The second-order valence-electron chi connectivity index (χ2n) is 4.68. The van der Waals surface area contributed by atoms with E-state index in [0.29, 0.717) is 25.9 Å². The van der Waals surface area contributed by atoms with Gasteiger partial charge in [-0.15, -0.1) is 12.4 Å². The van der Waals surface area contributed by atoms with Gasteiger partial charge in [-0.2, -0.15) is 0 Å². The molecule has 0 radical (unpaired) electrons. The predicted molar refractivity (Wildman–Crippen MR) is 80.3 cm³/mol. The van der Waals surface area contributed by atoms with Crippen LogP contribution in [0.4, 0.5) is 0 Å². The van der Waals surface area contributed by atoms with Crippen molar-refractivity contribution in [1.29, 1.82) is 0 Å². The molecule has 0 aliphatic rings. The Hall–Kier alpha value is -0.810. The van der Waals surface area contributed by atoms with Crippen LogP contribution in [0.25, 0.3) is 0 Å². The number of amides is 2. The molecular weight excluding hydrogens is 266 g/mol. The number of hydrogen-bond donors (Lipinski definition) is 2. The summed E-state index contributed by atoms with van der Waals surface area (Å²) in [6.07, 6.45) is 2.83. The minimum absolute atomic E-state index is 0. The van der Waals surface area contributed by atoms with Crippen LogP contribution in [0.5, 0.6) is 0 Å². The number of halogens is 1. The fraction of sp³-hybridized carbons (Fsp3) is 0.846. The number of nitrogens with one attached hydrogen (secondary N) is 1. The fourth-order valence-electron chi connectivity index (χ4n) is 1.56. The van der Waals surface area contributed by atoms with Gasteiger partial charge in [0.15, 0.2) is 0 Å². The van der Waals surface area contributed by atoms with Gasteiger partial charge in [-0.05, 0) is 26.2 Å². The number of carbonyl (C=O) groups excluding carboxylic acids is 2. The fourth-order valence-corrected chi connectivity index (χ4v) is 1.56. The molecule has 0 fully saturated rings. The van der Waals surface area contributed by atoms with E-state index in [-0.39, 0.29) is 36.8 Å². The first-order valence-electron chi connectivity index (χ1n) is 6.81. The van der Waals surface area contributed by atoms with Crippen molar-refractivity contribution < 1.29 is 9.59 Å². The maximum absolute atomic E-state index is 11.9. The van der Waals surface area contributed by atoms with Crippen LogP contribution in [-0.4, -0.2) is 42.4 Å². The second-order valence-corrected chi connectivity index (χ2v) is 4.68. The lowest BCUT2D eigenvalue weighted by atomic mass is 10.2. The molecule has 0 aliphatic carbocycles. The van der Waals surface area contributed by atoms with E-state index in [9.17, 15) is 9.59 Å². The molecule has 19 heavy (non-hydrogen) atoms. The summed E-state index contributed by atoms with van der Waals surface area (Å²) in [5, 5.41) is 2.78. The van der Waals surface area contributed by atoms with E-state index in [0.717, 1.165) is 12.8 Å². The van der Waals surface area contributed by atoms with Crippen molar-refractivity contribution in [2.75, 3.05) is 19.6 Å². The van der Waals surface area contributed by atoms with Gasteiger partial charge < -0.3 is 16.0 Å². The van der Waals surface area contributed by atoms with E-state index in [1.165, 1.54) is 0 Å². The summed E-state index contributed by atoms with van der Waals surface area (Å²) < 4.78 is 0. The van der Waals surface area contributed by atoms with Crippen molar-refractivity contribution in [3.63, 3.8) is 0 Å². The molecule has 3 N–H and O–H groups in total. The molecule has 114 valence electrons. The lowest BCUT2D eigenvalue weighted by Gasteiger charge is -2.22. The van der Waals surface area contributed by atoms with Crippen LogP contribution in [0, 0.1) is 0 Å². The third-order valence-corrected chi connectivity index (χ3v) is 2.57. The molecule has 0 saturated heterocycles. The molecule has 0 aliphatic heterocycles. The summed E-state index contributed by atoms with van der Waals surface area (Å²) in [5.74, 6) is -0.0692. The van der Waals surface area contributed by atoms with Crippen LogP contribution in [0.1, 0.15) is 46.5 Å². The molecule has 2 amide bonds. The highest BCUT2D eigenvalue weighted by Gasteiger charge is 2.16. The number of nitrogens with two attached hydrogens (primary N) is 1. The Morgan fingerprint density at radius 1 is 1.26 bits per heavy atom. The molecule has 6 heteroatoms. The Labute approximate surface area is 122 Å². The van der Waals surface area contributed by atoms with Gasteiger partial charge in [0.25, 0.3) is 0 Å². The van der Waals surface area contributed by atoms with E-state index in [4.69, 9.17) is 5.73 Å². The molecule has 0 bridgehead atoms. The molecule has 5 nitrogen and oxygen atoms in total. The van der Waals surface area contributed by atoms with E-state index in [1.807, 2.05) is 20.8 Å². The molecule has 1 atom stereocenters. The summed E-state index contributed by atoms with van der Waals surface area (Å²) in [6.45, 7) is 7.31. The Morgan fingerprint density at radius 2 is 1.89 bits per heavy atom. The van der Waals surface area contributed by atoms with Crippen molar-refractivity contribution in [3.05, 3.63) is 0 Å². The molecule has 0 saturated carbocycles. The zero-order valence-corrected chi connectivity index (χ0v) is 13.1. The summed E-state index contributed by atoms with van der Waals surface area (Å²) in [6, 6.07) is 0.0198. The minimum atomic E-state index is -0.0838. The van der Waals surface area contributed by atoms with Crippen molar-refractivity contribution in [2.45, 2.75) is 52.5 Å². The number of hydrogen-bond acceptors (Lipinski definition) is 3. The quantitative estimate of drug-likeness (QED) is 0.673. The highest BCUT2D eigenvalue weighted by atomic mass is 35.5. The maximum atomic E-state index is 11.9. The van der Waals surface area contributed by atoms with Crippen molar-refractivity contribution in [2.24, 2.45) is 5.73 Å². The largest absolute Gasteiger partial charge is 0.355 e. The van der Waals surface area contributed by atoms with Crippen LogP contribution in [0.15, 0.2) is 0 Å². The summed E-state index contributed by atoms with van der Waals surface area (Å²) in [5.41, 5.74) is 5.63. The first kappa shape index (κ1) is 20.5. The minimum Gasteiger partial charge on any atom is -0.355 e. The molecule has 0 aromatic rings. The lowest BCUT2D eigenvalue weighted by molar-refractivity contribution is -0.136. The number of nitrogens with zero attached hydrogens (tertiary/aromatic N) is 1. The smallest absolute Gasteiger partial charge is 0.239 e. The first-order valence-corrected chi connectivity index (χ1v) is 6.81. The van der Waals surface area contributed by atoms with Crippen molar-refractivity contribution in [1.82, 2.24) is 10.2 Å². The molecule has 0 heterocycles. The molecule has 1 unspecified atom stereocenters. The second kappa shape index (κ2) is 12.2. The van der Waals surface area contributed by atoms with Gasteiger partial charge in [0.2, 0.25) is 11.8 Å². The third-order valence-electron chi connectivity index (χ3n) is 2.57. The highest BCUT2D eigenvalue weighted by Crippen LogP contribution is 2.01. The Kier molecular flexibility index (Phi) is 13.2. The molecule has 0 spiro atoms. The van der Waals surface area contributed by atoms with Crippen LogP contribution in [0.2, 0.25) is 0 Å². The van der Waals surface area contributed by atoms with Gasteiger partial charge in [-0.25, -0.2) is 0 Å². The summed E-state index contributed by atoms with van der Waals surface area (Å²) >= 11 is 0. The first-order chi connectivity index (χ1) is 8.51. The SMILES string of the molecule is CCCNC(=O)CN(CCC)C(=O)CCC(C)N.Cl. The zero-order chi connectivity index (χ0) is 14.0. The monoisotopic (exact) mass is 293 g/mol. The third kappa shape index (κ3) is 10.8. The van der Waals surface area contributed by atoms with E-state index < -0.39 is 0 Å². The highest BCUT2D eigenvalue weighted by molar-refractivity contribution is 5.85. The molecule has 0 aromatic carbocycles. The van der Waals surface area contributed by atoms with Gasteiger partial charge in [-0.3, -0.25) is 9.59 Å². The zero-order valence-electron chi connectivity index (χ0n) is 12.3. The Morgan fingerprint density at radius 3 is 2.37 bits per heavy atom. The van der Waals surface area contributed by atoms with Gasteiger partial charge in [-0.1, -0.05) is 13.8 Å². The van der Waals surface area contributed by atoms with Gasteiger partial charge in [0, 0.05) is 25.6 Å². The molecular formula is C13H28ClN3O2. The van der Waals surface area contributed by atoms with Crippen LogP contribution in [-0.2, 0) is 9.59 Å². The summed E-state index contributed by atoms with van der Waals surface area (Å²) in [4.78, 5) is 25.2. The predicted octanol–water partition coefficient (Wildman–Crippen LogP) is 1.30.